The molecule has 174 valence electrons. The zero-order valence-electron chi connectivity index (χ0n) is 18.5. The highest BCUT2D eigenvalue weighted by Gasteiger charge is 2.45. The quantitative estimate of drug-likeness (QED) is 0.306. The summed E-state index contributed by atoms with van der Waals surface area (Å²) >= 11 is 0. The second-order valence-electron chi connectivity index (χ2n) is 8.13. The van der Waals surface area contributed by atoms with Gasteiger partial charge in [-0.3, -0.25) is 4.79 Å². The molecule has 3 atom stereocenters. The lowest BCUT2D eigenvalue weighted by Gasteiger charge is -2.27. The maximum Gasteiger partial charge on any atom is 0.416 e. The molecule has 1 aliphatic carbocycles. The average Bonchev–Trinajstić information content (AvgIpc) is 3.25. The van der Waals surface area contributed by atoms with Crippen LogP contribution in [0.4, 0.5) is 13.2 Å². The van der Waals surface area contributed by atoms with E-state index in [1.807, 2.05) is 30.3 Å². The van der Waals surface area contributed by atoms with Gasteiger partial charge in [0.15, 0.2) is 5.78 Å². The fourth-order valence-electron chi connectivity index (χ4n) is 4.59. The van der Waals surface area contributed by atoms with Crippen molar-refractivity contribution in [3.05, 3.63) is 119 Å². The molecule has 0 N–H and O–H groups in total. The van der Waals surface area contributed by atoms with E-state index in [2.05, 4.69) is 0 Å². The van der Waals surface area contributed by atoms with Crippen LogP contribution in [0, 0.1) is 5.92 Å². The zero-order chi connectivity index (χ0) is 24.3. The number of ether oxygens (including phenoxy) is 1. The molecule has 34 heavy (non-hydrogen) atoms. The van der Waals surface area contributed by atoms with Gasteiger partial charge in [0.05, 0.1) is 12.2 Å². The summed E-state index contributed by atoms with van der Waals surface area (Å²) < 4.78 is 44.9. The molecule has 0 saturated carbocycles. The number of benzene rings is 3. The smallest absolute Gasteiger partial charge is 0.416 e. The van der Waals surface area contributed by atoms with Crippen LogP contribution in [0.2, 0.25) is 0 Å². The molecule has 0 heterocycles. The first-order chi connectivity index (χ1) is 16.3. The Kier molecular flexibility index (Phi) is 6.68. The number of Topliss-reactive ketones (excluding diaryl/α,β-unsaturated/α-hetero) is 1. The number of alkyl halides is 3. The van der Waals surface area contributed by atoms with Gasteiger partial charge in [-0.2, -0.15) is 13.2 Å². The molecule has 4 rings (SSSR count). The highest BCUT2D eigenvalue weighted by Crippen LogP contribution is 2.51. The van der Waals surface area contributed by atoms with Gasteiger partial charge >= 0.3 is 12.1 Å². The first-order valence-corrected chi connectivity index (χ1v) is 11.0. The van der Waals surface area contributed by atoms with Gasteiger partial charge in [-0.25, -0.2) is 4.79 Å². The van der Waals surface area contributed by atoms with Gasteiger partial charge in [-0.1, -0.05) is 78.9 Å². The van der Waals surface area contributed by atoms with Crippen LogP contribution in [0.15, 0.2) is 96.6 Å². The van der Waals surface area contributed by atoms with E-state index in [9.17, 15) is 22.8 Å². The Morgan fingerprint density at radius 3 is 1.97 bits per heavy atom. The van der Waals surface area contributed by atoms with Gasteiger partial charge < -0.3 is 4.74 Å². The predicted octanol–water partition coefficient (Wildman–Crippen LogP) is 6.58. The van der Waals surface area contributed by atoms with Gasteiger partial charge in [-0.15, -0.1) is 0 Å². The van der Waals surface area contributed by atoms with Crippen molar-refractivity contribution >= 4 is 11.8 Å². The number of hydrogen-bond acceptors (Lipinski definition) is 3. The van der Waals surface area contributed by atoms with Crippen LogP contribution in [0.5, 0.6) is 0 Å². The molecule has 0 radical (unpaired) electrons. The van der Waals surface area contributed by atoms with Crippen LogP contribution in [0.1, 0.15) is 45.8 Å². The lowest BCUT2D eigenvalue weighted by molar-refractivity contribution is -0.139. The van der Waals surface area contributed by atoms with Crippen molar-refractivity contribution in [1.82, 2.24) is 0 Å². The number of allylic oxidation sites excluding steroid dienone is 1. The minimum absolute atomic E-state index is 0.167. The summed E-state index contributed by atoms with van der Waals surface area (Å²) in [5.41, 5.74) is 1.38. The third-order valence-corrected chi connectivity index (χ3v) is 6.09. The Morgan fingerprint density at radius 1 is 0.824 bits per heavy atom. The van der Waals surface area contributed by atoms with E-state index >= 15 is 0 Å². The van der Waals surface area contributed by atoms with Gasteiger partial charge in [0.25, 0.3) is 0 Å². The maximum atomic E-state index is 13.6. The molecule has 0 spiro atoms. The van der Waals surface area contributed by atoms with Crippen molar-refractivity contribution in [3.63, 3.8) is 0 Å². The molecule has 1 aliphatic rings. The number of hydrogen-bond donors (Lipinski definition) is 0. The minimum atomic E-state index is -4.47. The first-order valence-electron chi connectivity index (χ1n) is 11.0. The lowest BCUT2D eigenvalue weighted by Crippen LogP contribution is -2.23. The fraction of sp³-hybridized carbons (Fsp3) is 0.214. The molecule has 0 bridgehead atoms. The molecular weight excluding hydrogens is 441 g/mol. The van der Waals surface area contributed by atoms with Crippen molar-refractivity contribution in [3.8, 4) is 0 Å². The standard InChI is InChI=1S/C28H23F3O3/c1-2-34-27(33)23-17-22(26(32)20-11-7-4-8-12-20)24(25(23)18-9-5-3-6-10-18)19-13-15-21(16-14-19)28(29,30)31/h3-17,22,24-25H,2H2,1H3/t22-,24+,25+/m0/s1. The monoisotopic (exact) mass is 464 g/mol. The normalized spacial score (nSPS) is 20.0. The highest BCUT2D eigenvalue weighted by atomic mass is 19.4. The number of esters is 1. The van der Waals surface area contributed by atoms with Crippen LogP contribution in [-0.4, -0.2) is 18.4 Å². The van der Waals surface area contributed by atoms with Crippen LogP contribution in [-0.2, 0) is 15.7 Å². The maximum absolute atomic E-state index is 13.6. The van der Waals surface area contributed by atoms with Gasteiger partial charge in [-0.05, 0) is 30.2 Å². The number of carbonyl (C=O) groups excluding carboxylic acids is 2. The van der Waals surface area contributed by atoms with E-state index < -0.39 is 35.5 Å². The largest absolute Gasteiger partial charge is 0.463 e. The summed E-state index contributed by atoms with van der Waals surface area (Å²) in [4.78, 5) is 26.5. The van der Waals surface area contributed by atoms with E-state index in [0.717, 1.165) is 17.7 Å². The molecule has 0 fully saturated rings. The summed E-state index contributed by atoms with van der Waals surface area (Å²) in [6.07, 6.45) is -2.84. The van der Waals surface area contributed by atoms with Crippen molar-refractivity contribution in [2.75, 3.05) is 6.61 Å². The molecule has 0 unspecified atom stereocenters. The van der Waals surface area contributed by atoms with Crippen LogP contribution in [0.25, 0.3) is 0 Å². The van der Waals surface area contributed by atoms with Crippen molar-refractivity contribution in [1.29, 1.82) is 0 Å². The molecule has 0 saturated heterocycles. The summed E-state index contributed by atoms with van der Waals surface area (Å²) in [6, 6.07) is 22.7. The molecule has 3 aromatic rings. The van der Waals surface area contributed by atoms with E-state index in [4.69, 9.17) is 4.74 Å². The summed E-state index contributed by atoms with van der Waals surface area (Å²) in [6.45, 7) is 1.87. The Bertz CT molecular complexity index is 1180. The topological polar surface area (TPSA) is 43.4 Å². The zero-order valence-corrected chi connectivity index (χ0v) is 18.5. The van der Waals surface area contributed by atoms with E-state index in [0.29, 0.717) is 16.7 Å². The molecule has 0 aromatic heterocycles. The second-order valence-corrected chi connectivity index (χ2v) is 8.13. The molecule has 0 amide bonds. The van der Waals surface area contributed by atoms with Crippen molar-refractivity contribution in [2.24, 2.45) is 5.92 Å². The predicted molar refractivity (Wildman–Crippen MR) is 122 cm³/mol. The third-order valence-electron chi connectivity index (χ3n) is 6.09. The third kappa shape index (κ3) is 4.67. The first kappa shape index (κ1) is 23.5. The van der Waals surface area contributed by atoms with Crippen molar-refractivity contribution in [2.45, 2.75) is 24.9 Å². The summed E-state index contributed by atoms with van der Waals surface area (Å²) in [5, 5.41) is 0. The van der Waals surface area contributed by atoms with E-state index in [1.165, 1.54) is 12.1 Å². The van der Waals surface area contributed by atoms with Gasteiger partial charge in [0.2, 0.25) is 0 Å². The molecule has 3 nitrogen and oxygen atoms in total. The van der Waals surface area contributed by atoms with E-state index in [1.54, 1.807) is 43.3 Å². The Hall–Kier alpha value is -3.67. The summed E-state index contributed by atoms with van der Waals surface area (Å²) in [7, 11) is 0. The average molecular weight is 464 g/mol. The molecule has 0 aliphatic heterocycles. The Labute approximate surface area is 195 Å². The Morgan fingerprint density at radius 2 is 1.41 bits per heavy atom. The number of halogens is 3. The van der Waals surface area contributed by atoms with Crippen molar-refractivity contribution < 1.29 is 27.5 Å². The SMILES string of the molecule is CCOC(=O)C1=C[C@H](C(=O)c2ccccc2)[C@@H](c2ccc(C(F)(F)F)cc2)[C@@H]1c1ccccc1. The van der Waals surface area contributed by atoms with Gasteiger partial charge in [0, 0.05) is 28.9 Å². The summed E-state index contributed by atoms with van der Waals surface area (Å²) in [5.74, 6) is -2.60. The van der Waals surface area contributed by atoms with E-state index in [-0.39, 0.29) is 12.4 Å². The second kappa shape index (κ2) is 9.67. The van der Waals surface area contributed by atoms with Crippen LogP contribution >= 0.6 is 0 Å². The van der Waals surface area contributed by atoms with Crippen LogP contribution in [0.3, 0.4) is 0 Å². The molecular formula is C28H23F3O3. The van der Waals surface area contributed by atoms with Gasteiger partial charge in [0.1, 0.15) is 0 Å². The highest BCUT2D eigenvalue weighted by molar-refractivity contribution is 6.02. The number of rotatable bonds is 6. The molecule has 6 heteroatoms. The number of carbonyl (C=O) groups is 2. The lowest BCUT2D eigenvalue weighted by atomic mass is 9.75. The molecule has 3 aromatic carbocycles. The number of ketones is 1. The Balaban J connectivity index is 1.86. The van der Waals surface area contributed by atoms with Crippen LogP contribution < -0.4 is 0 Å². The fourth-order valence-corrected chi connectivity index (χ4v) is 4.59. The minimum Gasteiger partial charge on any atom is -0.463 e.